The van der Waals surface area contributed by atoms with Crippen molar-refractivity contribution in [3.05, 3.63) is 35.4 Å². The third kappa shape index (κ3) is 0.806. The molecule has 1 atom stereocenters. The zero-order chi connectivity index (χ0) is 9.05. The van der Waals surface area contributed by atoms with Gasteiger partial charge in [-0.2, -0.15) is 0 Å². The molecule has 0 spiro atoms. The average Bonchev–Trinajstić information content (AvgIpc) is 2.10. The third-order valence-electron chi connectivity index (χ3n) is 3.91. The molecule has 1 N–H and O–H groups in total. The summed E-state index contributed by atoms with van der Waals surface area (Å²) in [6.45, 7) is 2.15. The van der Waals surface area contributed by atoms with Gasteiger partial charge in [-0.3, -0.25) is 0 Å². The third-order valence-corrected chi connectivity index (χ3v) is 3.91. The maximum Gasteiger partial charge on any atom is 0.0725 e. The van der Waals surface area contributed by atoms with Crippen LogP contribution in [0.2, 0.25) is 0 Å². The van der Waals surface area contributed by atoms with Crippen molar-refractivity contribution in [1.82, 2.24) is 0 Å². The molecule has 0 saturated heterocycles. The summed E-state index contributed by atoms with van der Waals surface area (Å²) in [4.78, 5) is 0. The van der Waals surface area contributed by atoms with Gasteiger partial charge < -0.3 is 5.11 Å². The lowest BCUT2D eigenvalue weighted by Gasteiger charge is -2.53. The maximum atomic E-state index is 10.2. The SMILES string of the molecule is C[C@@H]1c2ccccc2C2CC1(O)C2. The number of rotatable bonds is 0. The predicted molar refractivity (Wildman–Crippen MR) is 51.8 cm³/mol. The highest BCUT2D eigenvalue weighted by Crippen LogP contribution is 2.57. The molecular weight excluding hydrogens is 160 g/mol. The van der Waals surface area contributed by atoms with Crippen LogP contribution in [0.4, 0.5) is 0 Å². The summed E-state index contributed by atoms with van der Waals surface area (Å²) in [5, 5.41) is 10.2. The van der Waals surface area contributed by atoms with Gasteiger partial charge in [0, 0.05) is 5.92 Å². The minimum absolute atomic E-state index is 0.327. The fourth-order valence-corrected chi connectivity index (χ4v) is 2.93. The number of aliphatic hydroxyl groups is 1. The number of hydrogen-bond acceptors (Lipinski definition) is 1. The van der Waals surface area contributed by atoms with Gasteiger partial charge in [0.15, 0.2) is 0 Å². The van der Waals surface area contributed by atoms with Crippen LogP contribution in [0, 0.1) is 0 Å². The van der Waals surface area contributed by atoms with Gasteiger partial charge in [-0.25, -0.2) is 0 Å². The molecule has 0 aliphatic heterocycles. The Morgan fingerprint density at radius 1 is 1.23 bits per heavy atom. The largest absolute Gasteiger partial charge is 0.389 e. The Hall–Kier alpha value is -0.820. The van der Waals surface area contributed by atoms with Gasteiger partial charge in [0.2, 0.25) is 0 Å². The van der Waals surface area contributed by atoms with E-state index in [-0.39, 0.29) is 5.60 Å². The van der Waals surface area contributed by atoms with E-state index in [0.29, 0.717) is 11.8 Å². The van der Waals surface area contributed by atoms with Crippen LogP contribution >= 0.6 is 0 Å². The first-order chi connectivity index (χ1) is 6.21. The fraction of sp³-hybridized carbons (Fsp3) is 0.500. The van der Waals surface area contributed by atoms with E-state index in [1.807, 2.05) is 0 Å². The minimum Gasteiger partial charge on any atom is -0.389 e. The first kappa shape index (κ1) is 7.57. The van der Waals surface area contributed by atoms with Gasteiger partial charge in [0.05, 0.1) is 5.60 Å². The monoisotopic (exact) mass is 174 g/mol. The summed E-state index contributed by atoms with van der Waals surface area (Å²) in [5.41, 5.74) is 2.47. The highest BCUT2D eigenvalue weighted by atomic mass is 16.3. The molecule has 0 unspecified atom stereocenters. The summed E-state index contributed by atoms with van der Waals surface area (Å²) < 4.78 is 0. The Morgan fingerprint density at radius 2 is 1.85 bits per heavy atom. The molecule has 68 valence electrons. The topological polar surface area (TPSA) is 20.2 Å². The molecular formula is C12H14O. The first-order valence-electron chi connectivity index (χ1n) is 5.02. The van der Waals surface area contributed by atoms with Crippen molar-refractivity contribution in [2.75, 3.05) is 0 Å². The van der Waals surface area contributed by atoms with E-state index in [9.17, 15) is 5.11 Å². The molecule has 1 aromatic rings. The molecule has 1 aromatic carbocycles. The maximum absolute atomic E-state index is 10.2. The van der Waals surface area contributed by atoms with Crippen LogP contribution in [-0.4, -0.2) is 10.7 Å². The van der Waals surface area contributed by atoms with E-state index in [0.717, 1.165) is 12.8 Å². The molecule has 3 aliphatic rings. The summed E-state index contributed by atoms with van der Waals surface area (Å²) in [6.07, 6.45) is 1.95. The van der Waals surface area contributed by atoms with Crippen LogP contribution in [-0.2, 0) is 0 Å². The number of benzene rings is 1. The molecule has 2 bridgehead atoms. The second kappa shape index (κ2) is 2.16. The van der Waals surface area contributed by atoms with Crippen molar-refractivity contribution in [1.29, 1.82) is 0 Å². The van der Waals surface area contributed by atoms with Gasteiger partial charge in [-0.05, 0) is 29.9 Å². The highest BCUT2D eigenvalue weighted by molar-refractivity contribution is 5.42. The Labute approximate surface area is 78.4 Å². The summed E-state index contributed by atoms with van der Waals surface area (Å²) in [7, 11) is 0. The van der Waals surface area contributed by atoms with Gasteiger partial charge in [0.1, 0.15) is 0 Å². The Bertz CT molecular complexity index is 350. The van der Waals surface area contributed by atoms with Crippen molar-refractivity contribution in [2.45, 2.75) is 37.2 Å². The van der Waals surface area contributed by atoms with E-state index in [1.54, 1.807) is 0 Å². The van der Waals surface area contributed by atoms with Crippen molar-refractivity contribution in [3.8, 4) is 0 Å². The molecule has 1 nitrogen and oxygen atoms in total. The summed E-state index contributed by atoms with van der Waals surface area (Å²) in [6, 6.07) is 8.56. The van der Waals surface area contributed by atoms with Gasteiger partial charge in [-0.1, -0.05) is 31.2 Å². The Morgan fingerprint density at radius 3 is 2.54 bits per heavy atom. The molecule has 0 amide bonds. The molecule has 0 aromatic heterocycles. The lowest BCUT2D eigenvalue weighted by Crippen LogP contribution is -2.50. The molecule has 1 fully saturated rings. The first-order valence-corrected chi connectivity index (χ1v) is 5.02. The van der Waals surface area contributed by atoms with Crippen LogP contribution in [0.15, 0.2) is 24.3 Å². The molecule has 0 radical (unpaired) electrons. The van der Waals surface area contributed by atoms with Crippen LogP contribution in [0.3, 0.4) is 0 Å². The van der Waals surface area contributed by atoms with Crippen LogP contribution < -0.4 is 0 Å². The molecule has 0 heterocycles. The normalized spacial score (nSPS) is 40.8. The lowest BCUT2D eigenvalue weighted by atomic mass is 9.55. The zero-order valence-electron chi connectivity index (χ0n) is 7.83. The lowest BCUT2D eigenvalue weighted by molar-refractivity contribution is -0.0787. The van der Waals surface area contributed by atoms with Gasteiger partial charge in [-0.15, -0.1) is 0 Å². The standard InChI is InChI=1S/C12H14O/c1-8-10-4-2-3-5-11(10)9-6-12(8,13)7-9/h2-5,8-9,13H,6-7H2,1H3/t8-,9?,12?/m1/s1. The predicted octanol–water partition coefficient (Wildman–Crippen LogP) is 2.41. The fourth-order valence-electron chi connectivity index (χ4n) is 2.93. The zero-order valence-corrected chi connectivity index (χ0v) is 7.83. The van der Waals surface area contributed by atoms with Crippen LogP contribution in [0.1, 0.15) is 42.7 Å². The smallest absolute Gasteiger partial charge is 0.0725 e. The van der Waals surface area contributed by atoms with Gasteiger partial charge in [0.25, 0.3) is 0 Å². The van der Waals surface area contributed by atoms with Crippen LogP contribution in [0.5, 0.6) is 0 Å². The summed E-state index contributed by atoms with van der Waals surface area (Å²) >= 11 is 0. The van der Waals surface area contributed by atoms with Crippen LogP contribution in [0.25, 0.3) is 0 Å². The van der Waals surface area contributed by atoms with Crippen molar-refractivity contribution < 1.29 is 5.11 Å². The average molecular weight is 174 g/mol. The Balaban J connectivity index is 2.18. The molecule has 3 aliphatic carbocycles. The van der Waals surface area contributed by atoms with Crippen molar-refractivity contribution in [2.24, 2.45) is 0 Å². The summed E-state index contributed by atoms with van der Waals surface area (Å²) in [5.74, 6) is 0.964. The van der Waals surface area contributed by atoms with E-state index in [4.69, 9.17) is 0 Å². The minimum atomic E-state index is -0.376. The van der Waals surface area contributed by atoms with E-state index in [2.05, 4.69) is 31.2 Å². The van der Waals surface area contributed by atoms with E-state index < -0.39 is 0 Å². The second-order valence-corrected chi connectivity index (χ2v) is 4.56. The molecule has 13 heavy (non-hydrogen) atoms. The molecule has 4 rings (SSSR count). The van der Waals surface area contributed by atoms with Crippen molar-refractivity contribution >= 4 is 0 Å². The highest BCUT2D eigenvalue weighted by Gasteiger charge is 2.52. The number of hydrogen-bond donors (Lipinski definition) is 1. The molecule has 1 saturated carbocycles. The van der Waals surface area contributed by atoms with E-state index >= 15 is 0 Å². The van der Waals surface area contributed by atoms with Crippen molar-refractivity contribution in [3.63, 3.8) is 0 Å². The second-order valence-electron chi connectivity index (χ2n) is 4.56. The molecule has 1 heteroatoms. The quantitative estimate of drug-likeness (QED) is 0.640. The Kier molecular flexibility index (Phi) is 1.26. The van der Waals surface area contributed by atoms with E-state index in [1.165, 1.54) is 11.1 Å². The van der Waals surface area contributed by atoms with Gasteiger partial charge >= 0.3 is 0 Å².